The molecule has 1 aromatic carbocycles. The van der Waals surface area contributed by atoms with Gasteiger partial charge < -0.3 is 19.9 Å². The normalized spacial score (nSPS) is 16.7. The van der Waals surface area contributed by atoms with Gasteiger partial charge in [-0.15, -0.1) is 0 Å². The summed E-state index contributed by atoms with van der Waals surface area (Å²) in [6.45, 7) is 9.38. The van der Waals surface area contributed by atoms with E-state index in [0.29, 0.717) is 16.9 Å². The number of methoxy groups -OCH3 is 1. The number of allylic oxidation sites excluding steroid dienone is 4. The van der Waals surface area contributed by atoms with E-state index in [1.807, 2.05) is 19.1 Å². The van der Waals surface area contributed by atoms with Gasteiger partial charge in [0, 0.05) is 5.57 Å². The lowest BCUT2D eigenvalue weighted by Crippen LogP contribution is -2.32. The largest absolute Gasteiger partial charge is 0.512 e. The van der Waals surface area contributed by atoms with Crippen LogP contribution in [0.4, 0.5) is 0 Å². The van der Waals surface area contributed by atoms with Gasteiger partial charge in [-0.1, -0.05) is 18.7 Å². The highest BCUT2D eigenvalue weighted by atomic mass is 16.5. The molecule has 0 spiro atoms. The fraction of sp³-hybridized carbons (Fsp3) is 0.381. The predicted molar refractivity (Wildman–Crippen MR) is 103 cm³/mol. The quantitative estimate of drug-likeness (QED) is 0.458. The van der Waals surface area contributed by atoms with Gasteiger partial charge in [0.25, 0.3) is 0 Å². The van der Waals surface area contributed by atoms with Crippen LogP contribution in [0, 0.1) is 0 Å². The summed E-state index contributed by atoms with van der Waals surface area (Å²) in [7, 11) is 1.34. The van der Waals surface area contributed by atoms with Gasteiger partial charge in [0.05, 0.1) is 18.4 Å². The van der Waals surface area contributed by atoms with Gasteiger partial charge in [0.1, 0.15) is 11.9 Å². The number of rotatable bonds is 6. The Bertz CT molecular complexity index is 723. The maximum Gasteiger partial charge on any atom is 0.337 e. The molecule has 0 unspecified atom stereocenters. The van der Waals surface area contributed by atoms with Crippen LogP contribution in [0.5, 0.6) is 0 Å². The van der Waals surface area contributed by atoms with Crippen LogP contribution in [0.1, 0.15) is 42.6 Å². The molecule has 0 aromatic heterocycles. The molecule has 0 bridgehead atoms. The van der Waals surface area contributed by atoms with E-state index in [4.69, 9.17) is 9.47 Å². The van der Waals surface area contributed by atoms with Gasteiger partial charge in [0.15, 0.2) is 0 Å². The molecule has 1 aliphatic rings. The van der Waals surface area contributed by atoms with E-state index >= 15 is 0 Å². The summed E-state index contributed by atoms with van der Waals surface area (Å²) in [4.78, 5) is 11.8. The second kappa shape index (κ2) is 9.25. The summed E-state index contributed by atoms with van der Waals surface area (Å²) in [5, 5.41) is 13.5. The van der Waals surface area contributed by atoms with E-state index in [-0.39, 0.29) is 11.9 Å². The molecule has 1 saturated heterocycles. The summed E-state index contributed by atoms with van der Waals surface area (Å²) >= 11 is 0. The summed E-state index contributed by atoms with van der Waals surface area (Å²) in [6.07, 6.45) is 3.89. The third kappa shape index (κ3) is 5.23. The van der Waals surface area contributed by atoms with Crippen molar-refractivity contribution in [2.75, 3.05) is 20.2 Å². The number of hydrogen-bond acceptors (Lipinski definition) is 5. The first kappa shape index (κ1) is 19.8. The number of ether oxygens (including phenoxy) is 2. The smallest absolute Gasteiger partial charge is 0.337 e. The summed E-state index contributed by atoms with van der Waals surface area (Å²) in [6, 6.07) is 6.99. The summed E-state index contributed by atoms with van der Waals surface area (Å²) in [5.41, 5.74) is 2.62. The fourth-order valence-electron chi connectivity index (χ4n) is 3.12. The monoisotopic (exact) mass is 357 g/mol. The van der Waals surface area contributed by atoms with Crippen molar-refractivity contribution in [1.82, 2.24) is 5.32 Å². The number of aliphatic hydroxyl groups excluding tert-OH is 1. The van der Waals surface area contributed by atoms with E-state index in [0.717, 1.165) is 37.1 Å². The first-order valence-corrected chi connectivity index (χ1v) is 8.76. The number of esters is 1. The van der Waals surface area contributed by atoms with E-state index in [1.54, 1.807) is 25.1 Å². The van der Waals surface area contributed by atoms with Crippen LogP contribution >= 0.6 is 0 Å². The van der Waals surface area contributed by atoms with Crippen molar-refractivity contribution in [3.63, 3.8) is 0 Å². The third-order valence-electron chi connectivity index (χ3n) is 4.31. The molecule has 140 valence electrons. The number of aliphatic hydroxyl groups is 1. The molecule has 0 aliphatic carbocycles. The van der Waals surface area contributed by atoms with Crippen molar-refractivity contribution in [3.05, 3.63) is 65.1 Å². The molecule has 2 N–H and O–H groups in total. The zero-order valence-corrected chi connectivity index (χ0v) is 15.7. The minimum Gasteiger partial charge on any atom is -0.512 e. The van der Waals surface area contributed by atoms with Crippen LogP contribution < -0.4 is 5.32 Å². The number of hydrogen-bond donors (Lipinski definition) is 2. The lowest BCUT2D eigenvalue weighted by atomic mass is 9.95. The van der Waals surface area contributed by atoms with E-state index < -0.39 is 5.97 Å². The van der Waals surface area contributed by atoms with Crippen molar-refractivity contribution in [2.45, 2.75) is 32.8 Å². The molecule has 0 atom stereocenters. The van der Waals surface area contributed by atoms with Crippen LogP contribution in [0.2, 0.25) is 0 Å². The molecule has 1 fully saturated rings. The van der Waals surface area contributed by atoms with Gasteiger partial charge in [-0.25, -0.2) is 4.79 Å². The zero-order chi connectivity index (χ0) is 19.1. The molecule has 26 heavy (non-hydrogen) atoms. The standard InChI is InChI=1S/C21H27NO4/c1-14(12-15(2)26-19-8-10-22-11-9-19)20(16(3)23)17-6-5-7-18(13-17)21(24)25-4/h5-7,12-13,19,22-23H,2,8-11H2,1,3-4H3/b14-12-,20-16-. The lowest BCUT2D eigenvalue weighted by Gasteiger charge is -2.24. The first-order chi connectivity index (χ1) is 12.4. The number of nitrogens with one attached hydrogen (secondary N) is 1. The first-order valence-electron chi connectivity index (χ1n) is 8.76. The highest BCUT2D eigenvalue weighted by molar-refractivity contribution is 5.91. The Labute approximate surface area is 155 Å². The number of benzene rings is 1. The summed E-state index contributed by atoms with van der Waals surface area (Å²) < 4.78 is 10.7. The average molecular weight is 357 g/mol. The van der Waals surface area contributed by atoms with Gasteiger partial charge in [-0.2, -0.15) is 0 Å². The van der Waals surface area contributed by atoms with Crippen LogP contribution in [0.3, 0.4) is 0 Å². The maximum absolute atomic E-state index is 11.8. The Morgan fingerprint density at radius 3 is 2.54 bits per heavy atom. The van der Waals surface area contributed by atoms with Crippen molar-refractivity contribution in [2.24, 2.45) is 0 Å². The maximum atomic E-state index is 11.8. The second-order valence-corrected chi connectivity index (χ2v) is 6.39. The van der Waals surface area contributed by atoms with E-state index in [2.05, 4.69) is 11.9 Å². The van der Waals surface area contributed by atoms with Gasteiger partial charge in [0.2, 0.25) is 0 Å². The topological polar surface area (TPSA) is 67.8 Å². The Hall–Kier alpha value is -2.53. The van der Waals surface area contributed by atoms with E-state index in [1.165, 1.54) is 7.11 Å². The van der Waals surface area contributed by atoms with Crippen molar-refractivity contribution < 1.29 is 19.4 Å². The second-order valence-electron chi connectivity index (χ2n) is 6.39. The molecule has 1 aliphatic heterocycles. The highest BCUT2D eigenvalue weighted by Gasteiger charge is 2.16. The lowest BCUT2D eigenvalue weighted by molar-refractivity contribution is 0.0600. The number of carbonyl (C=O) groups excluding carboxylic acids is 1. The molecular weight excluding hydrogens is 330 g/mol. The van der Waals surface area contributed by atoms with Gasteiger partial charge in [-0.3, -0.25) is 0 Å². The Kier molecular flexibility index (Phi) is 7.04. The van der Waals surface area contributed by atoms with Crippen LogP contribution in [-0.4, -0.2) is 37.4 Å². The molecule has 1 heterocycles. The Morgan fingerprint density at radius 2 is 1.92 bits per heavy atom. The number of carbonyl (C=O) groups is 1. The molecule has 2 rings (SSSR count). The van der Waals surface area contributed by atoms with E-state index in [9.17, 15) is 9.90 Å². The van der Waals surface area contributed by atoms with Gasteiger partial charge >= 0.3 is 5.97 Å². The third-order valence-corrected chi connectivity index (χ3v) is 4.31. The zero-order valence-electron chi connectivity index (χ0n) is 15.7. The molecule has 0 radical (unpaired) electrons. The summed E-state index contributed by atoms with van der Waals surface area (Å²) in [5.74, 6) is 0.315. The molecule has 0 amide bonds. The molecular formula is C21H27NO4. The fourth-order valence-corrected chi connectivity index (χ4v) is 3.12. The van der Waals surface area contributed by atoms with Crippen molar-refractivity contribution in [3.8, 4) is 0 Å². The van der Waals surface area contributed by atoms with Crippen LogP contribution in [0.25, 0.3) is 5.57 Å². The molecule has 0 saturated carbocycles. The van der Waals surface area contributed by atoms with Crippen molar-refractivity contribution >= 4 is 11.5 Å². The minimum absolute atomic E-state index is 0.162. The molecule has 5 nitrogen and oxygen atoms in total. The Morgan fingerprint density at radius 1 is 1.27 bits per heavy atom. The SMILES string of the molecule is C=C(/C=C(C)\C(=C(/C)O)c1cccc(C(=O)OC)c1)OC1CCNCC1. The number of piperidine rings is 1. The average Bonchev–Trinajstić information content (AvgIpc) is 2.61. The Balaban J connectivity index is 2.22. The predicted octanol–water partition coefficient (Wildman–Crippen LogP) is 3.99. The molecule has 1 aromatic rings. The van der Waals surface area contributed by atoms with Gasteiger partial charge in [-0.05, 0) is 69.1 Å². The van der Waals surface area contributed by atoms with Crippen LogP contribution in [-0.2, 0) is 9.47 Å². The van der Waals surface area contributed by atoms with Crippen LogP contribution in [0.15, 0.2) is 54.0 Å². The minimum atomic E-state index is -0.415. The van der Waals surface area contributed by atoms with Crippen molar-refractivity contribution in [1.29, 1.82) is 0 Å². The highest BCUT2D eigenvalue weighted by Crippen LogP contribution is 2.28. The molecule has 5 heteroatoms.